The zero-order valence-electron chi connectivity index (χ0n) is 15.9. The number of ether oxygens (including phenoxy) is 1. The smallest absolute Gasteiger partial charge is 0.278 e. The van der Waals surface area contributed by atoms with Crippen LogP contribution in [0.3, 0.4) is 0 Å². The molecule has 7 heteroatoms. The Morgan fingerprint density at radius 1 is 1.21 bits per heavy atom. The van der Waals surface area contributed by atoms with Gasteiger partial charge in [-0.2, -0.15) is 0 Å². The van der Waals surface area contributed by atoms with Crippen LogP contribution in [0.5, 0.6) is 5.75 Å². The van der Waals surface area contributed by atoms with E-state index in [-0.39, 0.29) is 18.4 Å². The number of aromatic nitrogens is 2. The van der Waals surface area contributed by atoms with Gasteiger partial charge in [0.05, 0.1) is 12.2 Å². The highest BCUT2D eigenvalue weighted by atomic mass is 16.5. The first kappa shape index (κ1) is 18.0. The van der Waals surface area contributed by atoms with Crippen LogP contribution in [-0.2, 0) is 4.79 Å². The Morgan fingerprint density at radius 2 is 2.04 bits per heavy atom. The molecule has 0 fully saturated rings. The summed E-state index contributed by atoms with van der Waals surface area (Å²) in [7, 11) is 0. The molecular weight excluding hydrogens is 356 g/mol. The fraction of sp³-hybridized carbons (Fsp3) is 0.286. The molecule has 1 aromatic carbocycles. The first-order valence-electron chi connectivity index (χ1n) is 9.38. The number of amides is 2. The second-order valence-corrected chi connectivity index (χ2v) is 6.80. The number of para-hydroxylation sites is 2. The molecule has 4 rings (SSSR count). The van der Waals surface area contributed by atoms with E-state index >= 15 is 0 Å². The Bertz CT molecular complexity index is 1040. The van der Waals surface area contributed by atoms with Gasteiger partial charge in [-0.15, -0.1) is 0 Å². The fourth-order valence-corrected chi connectivity index (χ4v) is 3.31. The van der Waals surface area contributed by atoms with Crippen molar-refractivity contribution in [3.63, 3.8) is 0 Å². The van der Waals surface area contributed by atoms with Crippen molar-refractivity contribution in [2.24, 2.45) is 0 Å². The number of nitrogens with zero attached hydrogens (tertiary/aromatic N) is 3. The number of pyridine rings is 1. The Hall–Kier alpha value is -3.35. The summed E-state index contributed by atoms with van der Waals surface area (Å²) in [6.45, 7) is 4.65. The molecule has 3 aromatic rings. The van der Waals surface area contributed by atoms with Gasteiger partial charge in [0.1, 0.15) is 17.1 Å². The number of aryl methyl sites for hydroxylation is 1. The molecule has 1 aliphatic heterocycles. The molecule has 144 valence electrons. The maximum Gasteiger partial charge on any atom is 0.278 e. The predicted octanol–water partition coefficient (Wildman–Crippen LogP) is 2.58. The van der Waals surface area contributed by atoms with Gasteiger partial charge in [0.25, 0.3) is 11.8 Å². The molecule has 1 unspecified atom stereocenters. The molecular formula is C21H22N4O3. The first-order valence-corrected chi connectivity index (χ1v) is 9.38. The Kier molecular flexibility index (Phi) is 4.73. The Balaban J connectivity index is 1.68. The third kappa shape index (κ3) is 3.19. The molecule has 0 bridgehead atoms. The lowest BCUT2D eigenvalue weighted by Gasteiger charge is -2.33. The van der Waals surface area contributed by atoms with Crippen molar-refractivity contribution in [3.8, 4) is 5.75 Å². The van der Waals surface area contributed by atoms with Gasteiger partial charge in [0, 0.05) is 18.4 Å². The van der Waals surface area contributed by atoms with E-state index in [0.717, 1.165) is 12.1 Å². The molecule has 1 aliphatic rings. The quantitative estimate of drug-likeness (QED) is 0.757. The second-order valence-electron chi connectivity index (χ2n) is 6.80. The fourth-order valence-electron chi connectivity index (χ4n) is 3.31. The average Bonchev–Trinajstić information content (AvgIpc) is 3.16. The van der Waals surface area contributed by atoms with Crippen molar-refractivity contribution in [1.29, 1.82) is 0 Å². The van der Waals surface area contributed by atoms with Crippen molar-refractivity contribution in [1.82, 2.24) is 14.7 Å². The van der Waals surface area contributed by atoms with Crippen LogP contribution in [0.2, 0.25) is 0 Å². The lowest BCUT2D eigenvalue weighted by atomic mass is 10.1. The molecule has 1 N–H and O–H groups in total. The van der Waals surface area contributed by atoms with Crippen molar-refractivity contribution < 1.29 is 14.3 Å². The zero-order valence-corrected chi connectivity index (χ0v) is 15.9. The van der Waals surface area contributed by atoms with Crippen LogP contribution >= 0.6 is 0 Å². The van der Waals surface area contributed by atoms with Crippen LogP contribution < -0.4 is 15.0 Å². The number of nitrogens with one attached hydrogen (secondary N) is 1. The number of hydrogen-bond donors (Lipinski definition) is 1. The van der Waals surface area contributed by atoms with E-state index in [1.54, 1.807) is 17.2 Å². The average molecular weight is 378 g/mol. The van der Waals surface area contributed by atoms with Crippen LogP contribution in [0.15, 0.2) is 48.7 Å². The summed E-state index contributed by atoms with van der Waals surface area (Å²) in [5.74, 6) is 0.0332. The van der Waals surface area contributed by atoms with Crippen LogP contribution in [0, 0.1) is 6.92 Å². The summed E-state index contributed by atoms with van der Waals surface area (Å²) < 4.78 is 7.73. The van der Waals surface area contributed by atoms with Gasteiger partial charge in [-0.3, -0.25) is 14.5 Å². The number of anilines is 1. The molecule has 28 heavy (non-hydrogen) atoms. The van der Waals surface area contributed by atoms with E-state index in [4.69, 9.17) is 4.74 Å². The molecule has 0 radical (unpaired) electrons. The third-order valence-electron chi connectivity index (χ3n) is 4.78. The molecule has 0 saturated heterocycles. The number of hydrogen-bond acceptors (Lipinski definition) is 4. The summed E-state index contributed by atoms with van der Waals surface area (Å²) in [5.41, 5.74) is 2.67. The summed E-state index contributed by atoms with van der Waals surface area (Å²) in [6, 6.07) is 13.0. The number of benzene rings is 1. The SMILES string of the molecule is CCCNC(=O)C1CN(C(=O)c2cn3c(C)cccc3n2)c2ccccc2O1. The molecule has 1 atom stereocenters. The summed E-state index contributed by atoms with van der Waals surface area (Å²) in [4.78, 5) is 31.8. The van der Waals surface area contributed by atoms with Gasteiger partial charge in [-0.1, -0.05) is 25.1 Å². The highest BCUT2D eigenvalue weighted by Crippen LogP contribution is 2.34. The molecule has 0 saturated carbocycles. The standard InChI is InChI=1S/C21H22N4O3/c1-3-11-22-20(26)18-13-25(16-8-4-5-9-17(16)28-18)21(27)15-12-24-14(2)7-6-10-19(24)23-15/h4-10,12,18H,3,11,13H2,1-2H3,(H,22,26). The molecule has 2 amide bonds. The van der Waals surface area contributed by atoms with Crippen molar-refractivity contribution in [3.05, 3.63) is 60.0 Å². The van der Waals surface area contributed by atoms with Gasteiger partial charge < -0.3 is 14.5 Å². The Morgan fingerprint density at radius 3 is 2.82 bits per heavy atom. The molecule has 2 aromatic heterocycles. The lowest BCUT2D eigenvalue weighted by Crippen LogP contribution is -2.51. The van der Waals surface area contributed by atoms with Crippen LogP contribution in [0.1, 0.15) is 29.5 Å². The van der Waals surface area contributed by atoms with Gasteiger partial charge in [-0.25, -0.2) is 4.98 Å². The predicted molar refractivity (Wildman–Crippen MR) is 106 cm³/mol. The van der Waals surface area contributed by atoms with E-state index in [1.165, 1.54) is 0 Å². The van der Waals surface area contributed by atoms with Crippen molar-refractivity contribution >= 4 is 23.1 Å². The number of imidazole rings is 1. The number of carbonyl (C=O) groups is 2. The van der Waals surface area contributed by atoms with E-state index in [1.807, 2.05) is 54.6 Å². The molecule has 0 aliphatic carbocycles. The largest absolute Gasteiger partial charge is 0.477 e. The monoisotopic (exact) mass is 378 g/mol. The topological polar surface area (TPSA) is 75.9 Å². The molecule has 3 heterocycles. The minimum absolute atomic E-state index is 0.137. The summed E-state index contributed by atoms with van der Waals surface area (Å²) in [5, 5.41) is 2.84. The van der Waals surface area contributed by atoms with Crippen LogP contribution in [-0.4, -0.2) is 40.4 Å². The second kappa shape index (κ2) is 7.34. The first-order chi connectivity index (χ1) is 13.6. The van der Waals surface area contributed by atoms with Gasteiger partial charge in [0.15, 0.2) is 6.10 Å². The van der Waals surface area contributed by atoms with E-state index in [0.29, 0.717) is 29.3 Å². The normalized spacial score (nSPS) is 15.8. The van der Waals surface area contributed by atoms with Crippen molar-refractivity contribution in [2.75, 3.05) is 18.0 Å². The van der Waals surface area contributed by atoms with E-state index in [9.17, 15) is 9.59 Å². The van der Waals surface area contributed by atoms with Gasteiger partial charge in [0.2, 0.25) is 0 Å². The van der Waals surface area contributed by atoms with E-state index in [2.05, 4.69) is 10.3 Å². The van der Waals surface area contributed by atoms with Crippen molar-refractivity contribution in [2.45, 2.75) is 26.4 Å². The van der Waals surface area contributed by atoms with Gasteiger partial charge >= 0.3 is 0 Å². The summed E-state index contributed by atoms with van der Waals surface area (Å²) in [6.07, 6.45) is 1.80. The number of rotatable bonds is 4. The maximum absolute atomic E-state index is 13.3. The van der Waals surface area contributed by atoms with Crippen LogP contribution in [0.25, 0.3) is 5.65 Å². The third-order valence-corrected chi connectivity index (χ3v) is 4.78. The lowest BCUT2D eigenvalue weighted by molar-refractivity contribution is -0.127. The Labute approximate surface area is 162 Å². The zero-order chi connectivity index (χ0) is 19.7. The van der Waals surface area contributed by atoms with Gasteiger partial charge in [-0.05, 0) is 37.6 Å². The number of fused-ring (bicyclic) bond motifs is 2. The highest BCUT2D eigenvalue weighted by Gasteiger charge is 2.34. The summed E-state index contributed by atoms with van der Waals surface area (Å²) >= 11 is 0. The van der Waals surface area contributed by atoms with Crippen LogP contribution in [0.4, 0.5) is 5.69 Å². The number of carbonyl (C=O) groups excluding carboxylic acids is 2. The van der Waals surface area contributed by atoms with E-state index < -0.39 is 6.10 Å². The minimum Gasteiger partial charge on any atom is -0.477 e. The highest BCUT2D eigenvalue weighted by molar-refractivity contribution is 6.07. The maximum atomic E-state index is 13.3. The molecule has 0 spiro atoms. The minimum atomic E-state index is -0.760. The molecule has 7 nitrogen and oxygen atoms in total.